The number of para-hydroxylation sites is 4. The molecule has 0 saturated carbocycles. The molecule has 1 aliphatic heterocycles. The zero-order valence-corrected chi connectivity index (χ0v) is 36.5. The van der Waals surface area contributed by atoms with Gasteiger partial charge in [0, 0.05) is 34.8 Å². The molecule has 0 fully saturated rings. The van der Waals surface area contributed by atoms with E-state index in [4.69, 9.17) is 9.72 Å². The molecule has 5 heteroatoms. The van der Waals surface area contributed by atoms with Crippen LogP contribution in [-0.4, -0.2) is 16.2 Å². The van der Waals surface area contributed by atoms with Crippen molar-refractivity contribution in [2.24, 2.45) is 0 Å². The van der Waals surface area contributed by atoms with Gasteiger partial charge in [-0.2, -0.15) is 0 Å². The van der Waals surface area contributed by atoms with Gasteiger partial charge < -0.3 is 14.5 Å². The van der Waals surface area contributed by atoms with Gasteiger partial charge in [0.1, 0.15) is 24.0 Å². The fraction of sp³-hybridized carbons (Fsp3) is 0.255. The summed E-state index contributed by atoms with van der Waals surface area (Å²) in [7, 11) is 0. The van der Waals surface area contributed by atoms with E-state index in [0.717, 1.165) is 39.4 Å². The second kappa shape index (κ2) is 15.4. The molecule has 8 aromatic rings. The van der Waals surface area contributed by atoms with E-state index in [-0.39, 0.29) is 5.41 Å². The average molecular weight is 789 g/mol. The number of hydrogen-bond donors (Lipinski definition) is 0. The van der Waals surface area contributed by atoms with E-state index < -0.39 is 0 Å². The smallest absolute Gasteiger partial charge is 0.138 e. The first-order valence-corrected chi connectivity index (χ1v) is 21.6. The highest BCUT2D eigenvalue weighted by atomic mass is 16.5. The number of fused-ring (bicyclic) bond motifs is 4. The molecule has 60 heavy (non-hydrogen) atoms. The van der Waals surface area contributed by atoms with Gasteiger partial charge in [-0.1, -0.05) is 135 Å². The highest BCUT2D eigenvalue weighted by Crippen LogP contribution is 2.49. The minimum Gasteiger partial charge on any atom is -0.457 e. The summed E-state index contributed by atoms with van der Waals surface area (Å²) in [6.07, 6.45) is 1.96. The van der Waals surface area contributed by atoms with Crippen molar-refractivity contribution in [2.45, 2.75) is 85.5 Å². The van der Waals surface area contributed by atoms with Gasteiger partial charge in [0.2, 0.25) is 0 Å². The zero-order valence-electron chi connectivity index (χ0n) is 36.5. The lowest BCUT2D eigenvalue weighted by Gasteiger charge is -2.32. The maximum atomic E-state index is 6.79. The van der Waals surface area contributed by atoms with Crippen LogP contribution in [0.1, 0.15) is 102 Å². The van der Waals surface area contributed by atoms with Crippen molar-refractivity contribution in [3.8, 4) is 28.4 Å². The molecule has 0 saturated heterocycles. The number of pyridine rings is 1. The van der Waals surface area contributed by atoms with E-state index >= 15 is 0 Å². The van der Waals surface area contributed by atoms with Crippen LogP contribution < -0.4 is 14.5 Å². The Hall–Kier alpha value is -6.33. The highest BCUT2D eigenvalue weighted by molar-refractivity contribution is 6.09. The Balaban J connectivity index is 1.10. The Morgan fingerprint density at radius 2 is 1.17 bits per heavy atom. The molecule has 0 unspecified atom stereocenters. The topological polar surface area (TPSA) is 33.5 Å². The molecule has 3 heterocycles. The van der Waals surface area contributed by atoms with E-state index in [2.05, 4.69) is 216 Å². The lowest BCUT2D eigenvalue weighted by atomic mass is 9.82. The summed E-state index contributed by atoms with van der Waals surface area (Å²) in [6.45, 7) is 21.4. The lowest BCUT2D eigenvalue weighted by Crippen LogP contribution is -2.28. The van der Waals surface area contributed by atoms with E-state index in [1.165, 1.54) is 55.8 Å². The van der Waals surface area contributed by atoms with E-state index in [9.17, 15) is 0 Å². The molecule has 6 aromatic carbocycles. The molecule has 0 atom stereocenters. The van der Waals surface area contributed by atoms with Gasteiger partial charge in [0.15, 0.2) is 0 Å². The maximum absolute atomic E-state index is 6.79. The zero-order chi connectivity index (χ0) is 41.9. The first-order valence-electron chi connectivity index (χ1n) is 21.6. The molecule has 0 bridgehead atoms. The summed E-state index contributed by atoms with van der Waals surface area (Å²) in [4.78, 5) is 9.94. The third kappa shape index (κ3) is 6.90. The number of benzene rings is 6. The number of anilines is 4. The second-order valence-electron chi connectivity index (χ2n) is 18.3. The Morgan fingerprint density at radius 1 is 0.550 bits per heavy atom. The molecule has 0 aliphatic carbocycles. The minimum absolute atomic E-state index is 0.0154. The SMILES string of the molecule is CC(C)c1cccc(C(C)C)c1-c1ccnc(-n2c3ccccc3c3ccc(Oc4cccc(N5CN(c6c(C(C)C)cccc6C(C)(C)C)c6ccccc65)c4)cc32)c1. The molecule has 0 amide bonds. The first-order chi connectivity index (χ1) is 28.9. The van der Waals surface area contributed by atoms with E-state index in [1.54, 1.807) is 0 Å². The molecule has 302 valence electrons. The van der Waals surface area contributed by atoms with E-state index in [1.807, 2.05) is 6.20 Å². The number of rotatable bonds is 9. The van der Waals surface area contributed by atoms with Crippen LogP contribution >= 0.6 is 0 Å². The fourth-order valence-corrected chi connectivity index (χ4v) is 9.25. The van der Waals surface area contributed by atoms with Gasteiger partial charge in [0.25, 0.3) is 0 Å². The Kier molecular flexibility index (Phi) is 10.0. The molecule has 0 N–H and O–H groups in total. The van der Waals surface area contributed by atoms with Crippen LogP contribution in [0.3, 0.4) is 0 Å². The summed E-state index contributed by atoms with van der Waals surface area (Å²) in [5.41, 5.74) is 14.9. The summed E-state index contributed by atoms with van der Waals surface area (Å²) < 4.78 is 9.08. The molecular weight excluding hydrogens is 733 g/mol. The minimum atomic E-state index is -0.0154. The Bertz CT molecular complexity index is 2850. The molecule has 9 rings (SSSR count). The molecule has 0 spiro atoms. The Morgan fingerprint density at radius 3 is 1.88 bits per heavy atom. The highest BCUT2D eigenvalue weighted by Gasteiger charge is 2.33. The Labute approximate surface area is 355 Å². The quantitative estimate of drug-likeness (QED) is 0.146. The summed E-state index contributed by atoms with van der Waals surface area (Å²) in [5.74, 6) is 3.62. The first kappa shape index (κ1) is 39.1. The maximum Gasteiger partial charge on any atom is 0.138 e. The number of aromatic nitrogens is 2. The number of ether oxygens (including phenoxy) is 1. The second-order valence-corrected chi connectivity index (χ2v) is 18.3. The molecule has 2 aromatic heterocycles. The van der Waals surface area contributed by atoms with Gasteiger partial charge in [-0.15, -0.1) is 0 Å². The molecule has 0 radical (unpaired) electrons. The lowest BCUT2D eigenvalue weighted by molar-refractivity contribution is 0.483. The largest absolute Gasteiger partial charge is 0.457 e. The third-order valence-electron chi connectivity index (χ3n) is 12.2. The van der Waals surface area contributed by atoms with Gasteiger partial charge in [-0.05, 0) is 111 Å². The number of hydrogen-bond acceptors (Lipinski definition) is 4. The van der Waals surface area contributed by atoms with Crippen LogP contribution in [0.2, 0.25) is 0 Å². The van der Waals surface area contributed by atoms with Crippen molar-refractivity contribution >= 4 is 44.6 Å². The van der Waals surface area contributed by atoms with Crippen molar-refractivity contribution < 1.29 is 4.74 Å². The molecule has 1 aliphatic rings. The summed E-state index contributed by atoms with van der Waals surface area (Å²) >= 11 is 0. The van der Waals surface area contributed by atoms with Crippen molar-refractivity contribution in [3.63, 3.8) is 0 Å². The van der Waals surface area contributed by atoms with Gasteiger partial charge in [0.05, 0.1) is 28.1 Å². The van der Waals surface area contributed by atoms with Crippen LogP contribution in [0, 0.1) is 0 Å². The van der Waals surface area contributed by atoms with Gasteiger partial charge in [-0.25, -0.2) is 4.98 Å². The standard InChI is InChI=1S/C55H56N4O/c1-35(2)42-20-15-21-43(36(3)4)53(42)38-29-30-56-52(31-38)59-48-24-11-10-19-45(48)46-28-27-41(33-51(46)59)60-40-18-14-17-39(32-40)57-34-58(50-26-13-12-25-49(50)57)54-44(37(5)6)22-16-23-47(54)55(7,8)9/h10-33,35-37H,34H2,1-9H3. The van der Waals surface area contributed by atoms with Crippen LogP contribution in [0.15, 0.2) is 146 Å². The predicted octanol–water partition coefficient (Wildman–Crippen LogP) is 15.6. The van der Waals surface area contributed by atoms with Crippen LogP contribution in [-0.2, 0) is 5.41 Å². The van der Waals surface area contributed by atoms with Gasteiger partial charge >= 0.3 is 0 Å². The predicted molar refractivity (Wildman–Crippen MR) is 254 cm³/mol. The van der Waals surface area contributed by atoms with Crippen molar-refractivity contribution in [2.75, 3.05) is 16.5 Å². The monoisotopic (exact) mass is 788 g/mol. The summed E-state index contributed by atoms with van der Waals surface area (Å²) in [5, 5.41) is 2.35. The summed E-state index contributed by atoms with van der Waals surface area (Å²) in [6, 6.07) is 50.4. The third-order valence-corrected chi connectivity index (χ3v) is 12.2. The van der Waals surface area contributed by atoms with E-state index in [0.29, 0.717) is 24.4 Å². The number of nitrogens with zero attached hydrogens (tertiary/aromatic N) is 4. The fourth-order valence-electron chi connectivity index (χ4n) is 9.25. The van der Waals surface area contributed by atoms with Crippen LogP contribution in [0.25, 0.3) is 38.8 Å². The van der Waals surface area contributed by atoms with Crippen molar-refractivity contribution in [3.05, 3.63) is 168 Å². The van der Waals surface area contributed by atoms with Gasteiger partial charge in [-0.3, -0.25) is 4.57 Å². The molecule has 5 nitrogen and oxygen atoms in total. The van der Waals surface area contributed by atoms with Crippen LogP contribution in [0.4, 0.5) is 22.7 Å². The van der Waals surface area contributed by atoms with Crippen LogP contribution in [0.5, 0.6) is 11.5 Å². The average Bonchev–Trinajstić information content (AvgIpc) is 3.79. The normalized spacial score (nSPS) is 13.1. The van der Waals surface area contributed by atoms with Crippen molar-refractivity contribution in [1.82, 2.24) is 9.55 Å². The van der Waals surface area contributed by atoms with Crippen molar-refractivity contribution in [1.29, 1.82) is 0 Å². The molecular formula is C55H56N4O.